The van der Waals surface area contributed by atoms with Crippen LogP contribution in [0.1, 0.15) is 26.7 Å². The van der Waals surface area contributed by atoms with Gasteiger partial charge in [0, 0.05) is 0 Å². The minimum absolute atomic E-state index is 0.379. The zero-order valence-electron chi connectivity index (χ0n) is 5.82. The standard InChI is InChI=1S/C7H12Cl2/c1-3-4-6-5(2)7(6,8)9/h5-6H,3-4H2,1-2H3. The molecule has 0 heterocycles. The molecule has 0 aromatic carbocycles. The number of rotatable bonds is 2. The molecule has 0 spiro atoms. The first-order chi connectivity index (χ1) is 4.10. The monoisotopic (exact) mass is 166 g/mol. The lowest BCUT2D eigenvalue weighted by Crippen LogP contribution is -1.88. The van der Waals surface area contributed by atoms with Crippen molar-refractivity contribution in [3.05, 3.63) is 0 Å². The highest BCUT2D eigenvalue weighted by atomic mass is 35.5. The molecule has 0 aromatic heterocycles. The Morgan fingerprint density at radius 2 is 1.89 bits per heavy atom. The van der Waals surface area contributed by atoms with Gasteiger partial charge in [-0.2, -0.15) is 0 Å². The summed E-state index contributed by atoms with van der Waals surface area (Å²) in [4.78, 5) is 0. The largest absolute Gasteiger partial charge is 0.124 e. The van der Waals surface area contributed by atoms with Crippen molar-refractivity contribution in [2.24, 2.45) is 11.8 Å². The second kappa shape index (κ2) is 2.32. The van der Waals surface area contributed by atoms with Crippen LogP contribution < -0.4 is 0 Å². The van der Waals surface area contributed by atoms with E-state index in [0.29, 0.717) is 11.8 Å². The third kappa shape index (κ3) is 1.20. The first kappa shape index (κ1) is 7.68. The van der Waals surface area contributed by atoms with E-state index in [-0.39, 0.29) is 4.33 Å². The molecule has 9 heavy (non-hydrogen) atoms. The molecule has 2 heteroatoms. The quantitative estimate of drug-likeness (QED) is 0.554. The molecular weight excluding hydrogens is 155 g/mol. The molecule has 2 atom stereocenters. The average Bonchev–Trinajstić information content (AvgIpc) is 2.19. The highest BCUT2D eigenvalue weighted by molar-refractivity contribution is 6.51. The van der Waals surface area contributed by atoms with Gasteiger partial charge in [0.15, 0.2) is 0 Å². The Labute approximate surface area is 66.5 Å². The number of hydrogen-bond acceptors (Lipinski definition) is 0. The van der Waals surface area contributed by atoms with Gasteiger partial charge in [-0.15, -0.1) is 23.2 Å². The molecular formula is C7H12Cl2. The SMILES string of the molecule is CCCC1C(C)C1(Cl)Cl. The first-order valence-electron chi connectivity index (χ1n) is 3.48. The van der Waals surface area contributed by atoms with Crippen molar-refractivity contribution in [3.63, 3.8) is 0 Å². The molecule has 1 fully saturated rings. The molecule has 1 saturated carbocycles. The molecule has 0 saturated heterocycles. The van der Waals surface area contributed by atoms with Crippen LogP contribution in [0.3, 0.4) is 0 Å². The molecule has 54 valence electrons. The molecule has 0 radical (unpaired) electrons. The van der Waals surface area contributed by atoms with Crippen molar-refractivity contribution < 1.29 is 0 Å². The van der Waals surface area contributed by atoms with Crippen LogP contribution in [0.15, 0.2) is 0 Å². The Morgan fingerprint density at radius 3 is 2.00 bits per heavy atom. The van der Waals surface area contributed by atoms with Gasteiger partial charge in [0.1, 0.15) is 4.33 Å². The third-order valence-corrected chi connectivity index (χ3v) is 3.44. The van der Waals surface area contributed by atoms with Gasteiger partial charge >= 0.3 is 0 Å². The van der Waals surface area contributed by atoms with Gasteiger partial charge in [-0.3, -0.25) is 0 Å². The molecule has 1 aliphatic rings. The molecule has 0 amide bonds. The van der Waals surface area contributed by atoms with Gasteiger partial charge in [-0.25, -0.2) is 0 Å². The molecule has 0 nitrogen and oxygen atoms in total. The van der Waals surface area contributed by atoms with E-state index in [1.165, 1.54) is 12.8 Å². The fraction of sp³-hybridized carbons (Fsp3) is 1.00. The predicted molar refractivity (Wildman–Crippen MR) is 42.0 cm³/mol. The van der Waals surface area contributed by atoms with Crippen molar-refractivity contribution >= 4 is 23.2 Å². The van der Waals surface area contributed by atoms with E-state index >= 15 is 0 Å². The van der Waals surface area contributed by atoms with E-state index in [2.05, 4.69) is 13.8 Å². The summed E-state index contributed by atoms with van der Waals surface area (Å²) >= 11 is 11.8. The Bertz CT molecular complexity index is 109. The van der Waals surface area contributed by atoms with Crippen LogP contribution in [0.5, 0.6) is 0 Å². The van der Waals surface area contributed by atoms with E-state index in [4.69, 9.17) is 23.2 Å². The fourth-order valence-corrected chi connectivity index (χ4v) is 2.09. The summed E-state index contributed by atoms with van der Waals surface area (Å²) in [5.41, 5.74) is 0. The normalized spacial score (nSPS) is 38.7. The molecule has 0 N–H and O–H groups in total. The van der Waals surface area contributed by atoms with Crippen LogP contribution in [0.4, 0.5) is 0 Å². The zero-order chi connectivity index (χ0) is 7.07. The van der Waals surface area contributed by atoms with E-state index < -0.39 is 0 Å². The number of halogens is 2. The van der Waals surface area contributed by atoms with Crippen LogP contribution in [0.2, 0.25) is 0 Å². The summed E-state index contributed by atoms with van der Waals surface area (Å²) in [6.45, 7) is 4.27. The fourth-order valence-electron chi connectivity index (χ4n) is 1.31. The average molecular weight is 167 g/mol. The van der Waals surface area contributed by atoms with E-state index in [0.717, 1.165) is 0 Å². The van der Waals surface area contributed by atoms with Crippen LogP contribution >= 0.6 is 23.2 Å². The van der Waals surface area contributed by atoms with Crippen molar-refractivity contribution in [2.75, 3.05) is 0 Å². The lowest BCUT2D eigenvalue weighted by Gasteiger charge is -1.93. The zero-order valence-corrected chi connectivity index (χ0v) is 7.34. The van der Waals surface area contributed by atoms with Gasteiger partial charge in [-0.05, 0) is 18.3 Å². The molecule has 2 unspecified atom stereocenters. The molecule has 0 aromatic rings. The Hall–Kier alpha value is 0.580. The van der Waals surface area contributed by atoms with E-state index in [9.17, 15) is 0 Å². The molecule has 0 bridgehead atoms. The summed E-state index contributed by atoms with van der Waals surface area (Å²) in [7, 11) is 0. The summed E-state index contributed by atoms with van der Waals surface area (Å²) in [5, 5.41) is 0. The van der Waals surface area contributed by atoms with Crippen molar-refractivity contribution in [1.82, 2.24) is 0 Å². The van der Waals surface area contributed by atoms with E-state index in [1.807, 2.05) is 0 Å². The second-order valence-corrected chi connectivity index (χ2v) is 4.30. The highest BCUT2D eigenvalue weighted by Gasteiger charge is 2.59. The van der Waals surface area contributed by atoms with Gasteiger partial charge in [-0.1, -0.05) is 20.3 Å². The first-order valence-corrected chi connectivity index (χ1v) is 4.24. The van der Waals surface area contributed by atoms with Crippen LogP contribution in [0.25, 0.3) is 0 Å². The van der Waals surface area contributed by atoms with Gasteiger partial charge in [0.25, 0.3) is 0 Å². The highest BCUT2D eigenvalue weighted by Crippen LogP contribution is 2.60. The smallest absolute Gasteiger partial charge is 0.101 e. The van der Waals surface area contributed by atoms with Crippen LogP contribution in [-0.2, 0) is 0 Å². The van der Waals surface area contributed by atoms with Crippen molar-refractivity contribution in [2.45, 2.75) is 31.0 Å². The van der Waals surface area contributed by atoms with Gasteiger partial charge in [0.05, 0.1) is 0 Å². The Morgan fingerprint density at radius 1 is 1.44 bits per heavy atom. The predicted octanol–water partition coefficient (Wildman–Crippen LogP) is 3.23. The maximum atomic E-state index is 5.90. The molecule has 0 aliphatic heterocycles. The minimum atomic E-state index is -0.379. The molecule has 1 rings (SSSR count). The third-order valence-electron chi connectivity index (χ3n) is 2.20. The van der Waals surface area contributed by atoms with Crippen LogP contribution in [0, 0.1) is 11.8 Å². The van der Waals surface area contributed by atoms with Crippen molar-refractivity contribution in [1.29, 1.82) is 0 Å². The second-order valence-electron chi connectivity index (χ2n) is 2.86. The lowest BCUT2D eigenvalue weighted by atomic mass is 10.2. The number of hydrogen-bond donors (Lipinski definition) is 0. The summed E-state index contributed by atoms with van der Waals surface area (Å²) in [6, 6.07) is 0. The Kier molecular flexibility index (Phi) is 1.98. The topological polar surface area (TPSA) is 0 Å². The van der Waals surface area contributed by atoms with Crippen LogP contribution in [-0.4, -0.2) is 4.33 Å². The Balaban J connectivity index is 2.33. The summed E-state index contributed by atoms with van der Waals surface area (Å²) in [5.74, 6) is 1.08. The maximum absolute atomic E-state index is 5.90. The summed E-state index contributed by atoms with van der Waals surface area (Å²) in [6.07, 6.45) is 2.37. The minimum Gasteiger partial charge on any atom is -0.101 e. The lowest BCUT2D eigenvalue weighted by molar-refractivity contribution is 0.657. The number of alkyl halides is 2. The summed E-state index contributed by atoms with van der Waals surface area (Å²) < 4.78 is -0.379. The maximum Gasteiger partial charge on any atom is 0.124 e. The van der Waals surface area contributed by atoms with Gasteiger partial charge < -0.3 is 0 Å². The molecule has 1 aliphatic carbocycles. The van der Waals surface area contributed by atoms with Crippen molar-refractivity contribution in [3.8, 4) is 0 Å². The van der Waals surface area contributed by atoms with Gasteiger partial charge in [0.2, 0.25) is 0 Å². The van der Waals surface area contributed by atoms with E-state index in [1.54, 1.807) is 0 Å².